The molecule has 2 aliphatic rings. The molecule has 0 amide bonds. The van der Waals surface area contributed by atoms with Crippen LogP contribution in [0.3, 0.4) is 0 Å². The summed E-state index contributed by atoms with van der Waals surface area (Å²) in [5, 5.41) is 4.61. The van der Waals surface area contributed by atoms with Gasteiger partial charge in [0.05, 0.1) is 0 Å². The zero-order chi connectivity index (χ0) is 24.6. The molecule has 0 spiro atoms. The lowest BCUT2D eigenvalue weighted by Gasteiger charge is -2.33. The SMILES string of the molecule is [CH2]C1([CH2])C2CCC1(C)CC2c1c(C)sc(C)c1P(c1cc(C)cc(C)c1)c1cc(C)cc(C)c1. The second-order valence-electron chi connectivity index (χ2n) is 11.7. The van der Waals surface area contributed by atoms with E-state index in [4.69, 9.17) is 13.8 Å². The maximum Gasteiger partial charge on any atom is 0.0103 e. The lowest BCUT2D eigenvalue weighted by molar-refractivity contribution is 0.216. The monoisotopic (exact) mass is 486 g/mol. The predicted molar refractivity (Wildman–Crippen MR) is 153 cm³/mol. The number of aryl methyl sites for hydroxylation is 6. The van der Waals surface area contributed by atoms with E-state index in [-0.39, 0.29) is 10.8 Å². The minimum Gasteiger partial charge on any atom is -0.145 e. The average Bonchev–Trinajstić information content (AvgIpc) is 3.19. The molecular formula is C32H39PS. The van der Waals surface area contributed by atoms with Crippen molar-refractivity contribution in [1.29, 1.82) is 0 Å². The standard InChI is InChI=1S/C32H39PS/c1-19-12-20(2)15-25(14-19)33(26-16-21(3)13-22(4)17-26)30-24(6)34-23(5)29(30)27-18-32(9)11-10-28(27)31(32,7)8/h12-17,27-28H,7-8,10-11,18H2,1-6,9H3. The molecule has 2 aromatic carbocycles. The summed E-state index contributed by atoms with van der Waals surface area (Å²) < 4.78 is 0. The van der Waals surface area contributed by atoms with Crippen molar-refractivity contribution in [2.24, 2.45) is 16.7 Å². The summed E-state index contributed by atoms with van der Waals surface area (Å²) in [4.78, 5) is 3.02. The molecule has 3 aromatic rings. The first-order valence-corrected chi connectivity index (χ1v) is 14.8. The minimum absolute atomic E-state index is 0.0696. The first-order valence-electron chi connectivity index (χ1n) is 12.7. The van der Waals surface area contributed by atoms with Crippen LogP contribution in [0.5, 0.6) is 0 Å². The van der Waals surface area contributed by atoms with Gasteiger partial charge in [-0.15, -0.1) is 11.3 Å². The molecule has 1 aromatic heterocycles. The minimum atomic E-state index is -0.635. The second kappa shape index (κ2) is 8.31. The second-order valence-corrected chi connectivity index (χ2v) is 15.3. The molecule has 34 heavy (non-hydrogen) atoms. The van der Waals surface area contributed by atoms with Gasteiger partial charge < -0.3 is 0 Å². The summed E-state index contributed by atoms with van der Waals surface area (Å²) in [5.74, 6) is 1.16. The van der Waals surface area contributed by atoms with Crippen LogP contribution in [0, 0.1) is 72.1 Å². The number of rotatable bonds is 4. The van der Waals surface area contributed by atoms with Crippen molar-refractivity contribution in [1.82, 2.24) is 0 Å². The van der Waals surface area contributed by atoms with Crippen LogP contribution >= 0.6 is 19.3 Å². The number of hydrogen-bond acceptors (Lipinski definition) is 1. The molecule has 1 heterocycles. The molecule has 2 saturated carbocycles. The third-order valence-corrected chi connectivity index (χ3v) is 12.6. The Bertz CT molecular complexity index is 1170. The van der Waals surface area contributed by atoms with E-state index < -0.39 is 7.92 Å². The van der Waals surface area contributed by atoms with Crippen molar-refractivity contribution in [2.45, 2.75) is 73.6 Å². The third-order valence-electron chi connectivity index (χ3n) is 8.87. The van der Waals surface area contributed by atoms with Gasteiger partial charge in [-0.05, 0) is 121 Å². The van der Waals surface area contributed by atoms with Crippen LogP contribution in [0.2, 0.25) is 0 Å². The molecule has 2 bridgehead atoms. The van der Waals surface area contributed by atoms with Gasteiger partial charge in [0.1, 0.15) is 0 Å². The van der Waals surface area contributed by atoms with E-state index in [0.29, 0.717) is 11.8 Å². The molecular weight excluding hydrogens is 447 g/mol. The molecule has 5 rings (SSSR count). The van der Waals surface area contributed by atoms with E-state index in [1.165, 1.54) is 61.9 Å². The molecule has 2 aliphatic carbocycles. The molecule has 2 radical (unpaired) electrons. The van der Waals surface area contributed by atoms with Crippen molar-refractivity contribution in [3.63, 3.8) is 0 Å². The van der Waals surface area contributed by atoms with Crippen molar-refractivity contribution in [3.8, 4) is 0 Å². The third kappa shape index (κ3) is 3.74. The van der Waals surface area contributed by atoms with Gasteiger partial charge in [-0.3, -0.25) is 0 Å². The summed E-state index contributed by atoms with van der Waals surface area (Å²) in [7, 11) is -0.635. The Hall–Kier alpha value is -1.43. The number of hydrogen-bond donors (Lipinski definition) is 0. The van der Waals surface area contributed by atoms with E-state index >= 15 is 0 Å². The van der Waals surface area contributed by atoms with E-state index in [0.717, 1.165) is 0 Å². The van der Waals surface area contributed by atoms with Gasteiger partial charge in [-0.1, -0.05) is 65.6 Å². The molecule has 2 heteroatoms. The fourth-order valence-electron chi connectivity index (χ4n) is 7.24. The van der Waals surface area contributed by atoms with Crippen LogP contribution in [0.4, 0.5) is 0 Å². The Labute approximate surface area is 213 Å². The highest BCUT2D eigenvalue weighted by Gasteiger charge is 2.61. The largest absolute Gasteiger partial charge is 0.145 e. The Morgan fingerprint density at radius 1 is 0.794 bits per heavy atom. The van der Waals surface area contributed by atoms with Crippen molar-refractivity contribution < 1.29 is 0 Å². The van der Waals surface area contributed by atoms with Crippen LogP contribution in [0.25, 0.3) is 0 Å². The van der Waals surface area contributed by atoms with E-state index in [1.54, 1.807) is 10.9 Å². The average molecular weight is 487 g/mol. The fraction of sp³-hybridized carbons (Fsp3) is 0.438. The highest BCUT2D eigenvalue weighted by molar-refractivity contribution is 7.80. The number of thiophene rings is 1. The summed E-state index contributed by atoms with van der Waals surface area (Å²) in [6.07, 6.45) is 3.78. The molecule has 3 atom stereocenters. The van der Waals surface area contributed by atoms with Crippen molar-refractivity contribution in [2.75, 3.05) is 0 Å². The van der Waals surface area contributed by atoms with Crippen LogP contribution in [0.15, 0.2) is 36.4 Å². The van der Waals surface area contributed by atoms with Crippen molar-refractivity contribution in [3.05, 3.63) is 87.8 Å². The molecule has 0 aliphatic heterocycles. The molecule has 0 nitrogen and oxygen atoms in total. The lowest BCUT2D eigenvalue weighted by Crippen LogP contribution is -2.28. The van der Waals surface area contributed by atoms with E-state index in [9.17, 15) is 0 Å². The number of benzene rings is 2. The molecule has 178 valence electrons. The molecule has 3 unspecified atom stereocenters. The van der Waals surface area contributed by atoms with Gasteiger partial charge in [-0.25, -0.2) is 0 Å². The first-order chi connectivity index (χ1) is 15.9. The maximum absolute atomic E-state index is 4.71. The highest BCUT2D eigenvalue weighted by atomic mass is 32.1. The smallest absolute Gasteiger partial charge is 0.0103 e. The Balaban J connectivity index is 1.75. The van der Waals surface area contributed by atoms with Gasteiger partial charge in [0.15, 0.2) is 0 Å². The predicted octanol–water partition coefficient (Wildman–Crippen LogP) is 7.92. The Morgan fingerprint density at radius 2 is 1.29 bits per heavy atom. The Morgan fingerprint density at radius 3 is 1.71 bits per heavy atom. The van der Waals surface area contributed by atoms with Gasteiger partial charge in [0, 0.05) is 15.1 Å². The lowest BCUT2D eigenvalue weighted by atomic mass is 9.71. The van der Waals surface area contributed by atoms with Crippen molar-refractivity contribution >= 4 is 35.2 Å². The van der Waals surface area contributed by atoms with Gasteiger partial charge in [-0.2, -0.15) is 0 Å². The van der Waals surface area contributed by atoms with Gasteiger partial charge >= 0.3 is 0 Å². The zero-order valence-corrected chi connectivity index (χ0v) is 23.7. The summed E-state index contributed by atoms with van der Waals surface area (Å²) >= 11 is 2.02. The summed E-state index contributed by atoms with van der Waals surface area (Å²) in [5.41, 5.74) is 7.28. The zero-order valence-electron chi connectivity index (χ0n) is 22.0. The number of fused-ring (bicyclic) bond motifs is 2. The van der Waals surface area contributed by atoms with E-state index in [1.807, 2.05) is 11.3 Å². The quantitative estimate of drug-likeness (QED) is 0.329. The first kappa shape index (κ1) is 24.3. The maximum atomic E-state index is 4.71. The van der Waals surface area contributed by atoms with E-state index in [2.05, 4.69) is 84.9 Å². The molecule has 0 saturated heterocycles. The summed E-state index contributed by atoms with van der Waals surface area (Å²) in [6, 6.07) is 14.4. The Kier molecular flexibility index (Phi) is 5.94. The normalized spacial score (nSPS) is 25.5. The highest BCUT2D eigenvalue weighted by Crippen LogP contribution is 2.70. The van der Waals surface area contributed by atoms with Crippen LogP contribution in [-0.2, 0) is 0 Å². The molecule has 0 N–H and O–H groups in total. The topological polar surface area (TPSA) is 0 Å². The molecule has 2 fully saturated rings. The van der Waals surface area contributed by atoms with Crippen LogP contribution in [-0.4, -0.2) is 0 Å². The summed E-state index contributed by atoms with van der Waals surface area (Å²) in [6.45, 7) is 25.6. The van der Waals surface area contributed by atoms with Gasteiger partial charge in [0.2, 0.25) is 0 Å². The van der Waals surface area contributed by atoms with Crippen LogP contribution in [0.1, 0.15) is 69.7 Å². The van der Waals surface area contributed by atoms with Gasteiger partial charge in [0.25, 0.3) is 0 Å². The fourth-order valence-corrected chi connectivity index (χ4v) is 11.8. The van der Waals surface area contributed by atoms with Crippen LogP contribution < -0.4 is 15.9 Å².